The van der Waals surface area contributed by atoms with Crippen LogP contribution in [-0.4, -0.2) is 9.52 Å². The Morgan fingerprint density at radius 1 is 0.481 bits per heavy atom. The molecule has 0 saturated carbocycles. The first-order valence-electron chi connectivity index (χ1n) is 19.6. The Labute approximate surface area is 338 Å². The molecule has 0 atom stereocenters. The van der Waals surface area contributed by atoms with Crippen LogP contribution in [0.1, 0.15) is 101 Å². The number of hydrogen-bond acceptors (Lipinski definition) is 0. The van der Waals surface area contributed by atoms with Gasteiger partial charge in [-0.3, -0.25) is 0 Å². The van der Waals surface area contributed by atoms with E-state index >= 15 is 0 Å². The van der Waals surface area contributed by atoms with Crippen molar-refractivity contribution in [3.63, 3.8) is 0 Å². The van der Waals surface area contributed by atoms with Gasteiger partial charge in [0.2, 0.25) is 0 Å². The zero-order valence-electron chi connectivity index (χ0n) is 32.6. The van der Waals surface area contributed by atoms with E-state index < -0.39 is 20.8 Å². The molecule has 0 spiro atoms. The fourth-order valence-corrected chi connectivity index (χ4v) is 6.85. The Morgan fingerprint density at radius 2 is 0.808 bits per heavy atom. The third kappa shape index (κ3) is 13.6. The third-order valence-corrected chi connectivity index (χ3v) is 9.47. The van der Waals surface area contributed by atoms with Crippen molar-refractivity contribution >= 4 is 48.1 Å². The van der Waals surface area contributed by atoms with E-state index in [2.05, 4.69) is 150 Å². The van der Waals surface area contributed by atoms with E-state index in [4.69, 9.17) is 17.0 Å². The molecule has 6 aromatic carbocycles. The van der Waals surface area contributed by atoms with Gasteiger partial charge in [0, 0.05) is 9.52 Å². The molecule has 0 aliphatic rings. The summed E-state index contributed by atoms with van der Waals surface area (Å²) in [5.74, 6) is 0. The standard InChI is InChI=1S/2C23H27.C2H6Si.2ClH.Zr/c2*1-3-5-10-18-16-20-13-9-15-22(23(20)17-18)21-14-8-7-12-19(21)11-6-4-2;1-3-2;;;/h2*7-9,12-17H,3-6,10-11H2,1-2H3;1-2H3;2*1H;/q2*-1;;;;+4/p-2. The summed E-state index contributed by atoms with van der Waals surface area (Å²) < 4.78 is 0. The molecule has 6 rings (SSSR count). The van der Waals surface area contributed by atoms with E-state index in [1.807, 2.05) is 0 Å². The van der Waals surface area contributed by atoms with Gasteiger partial charge in [-0.25, -0.2) is 0 Å². The average molecular weight is 827 g/mol. The molecule has 0 bridgehead atoms. The summed E-state index contributed by atoms with van der Waals surface area (Å²) in [6.45, 7) is 13.4. The third-order valence-electron chi connectivity index (χ3n) is 9.47. The number of benzene rings is 4. The van der Waals surface area contributed by atoms with Crippen molar-refractivity contribution in [3.8, 4) is 22.3 Å². The predicted octanol–water partition coefficient (Wildman–Crippen LogP) is 16.0. The SMILES string of the molecule is CCCCc1cc2c(-c3ccccc3CCCC)cccc2[cH-]1.CCCCc1cc2c(-c3ccccc3CCCC)cccc2[cH-]1.C[Si]C.[Cl][Zr+2][Cl]. The monoisotopic (exact) mass is 824 g/mol. The number of hydrogen-bond donors (Lipinski definition) is 0. The second-order valence-electron chi connectivity index (χ2n) is 13.6. The van der Waals surface area contributed by atoms with E-state index in [1.54, 1.807) is 0 Å². The van der Waals surface area contributed by atoms with Crippen LogP contribution < -0.4 is 0 Å². The summed E-state index contributed by atoms with van der Waals surface area (Å²) in [6, 6.07) is 40.9. The molecule has 4 heteroatoms. The van der Waals surface area contributed by atoms with E-state index in [9.17, 15) is 0 Å². The molecule has 0 nitrogen and oxygen atoms in total. The molecule has 0 amide bonds. The molecule has 0 unspecified atom stereocenters. The number of halogens is 2. The van der Waals surface area contributed by atoms with Gasteiger partial charge in [0.15, 0.2) is 0 Å². The van der Waals surface area contributed by atoms with Crippen LogP contribution in [0, 0.1) is 0 Å². The second kappa shape index (κ2) is 25.7. The number of aryl methyl sites for hydroxylation is 4. The van der Waals surface area contributed by atoms with Crippen LogP contribution in [0.4, 0.5) is 0 Å². The maximum absolute atomic E-state index is 4.93. The summed E-state index contributed by atoms with van der Waals surface area (Å²) in [5.41, 5.74) is 11.6. The molecule has 52 heavy (non-hydrogen) atoms. The zero-order valence-corrected chi connectivity index (χ0v) is 37.6. The van der Waals surface area contributed by atoms with Gasteiger partial charge < -0.3 is 0 Å². The summed E-state index contributed by atoms with van der Waals surface area (Å²) in [7, 11) is 11.0. The minimum atomic E-state index is -0.826. The van der Waals surface area contributed by atoms with Gasteiger partial charge in [-0.15, -0.1) is 69.1 Å². The van der Waals surface area contributed by atoms with Crippen molar-refractivity contribution in [1.29, 1.82) is 0 Å². The van der Waals surface area contributed by atoms with Gasteiger partial charge in [-0.2, -0.15) is 12.1 Å². The van der Waals surface area contributed by atoms with Crippen LogP contribution >= 0.6 is 17.0 Å². The number of unbranched alkanes of at least 4 members (excludes halogenated alkanes) is 4. The minimum absolute atomic E-state index is 0.826. The molecule has 2 radical (unpaired) electrons. The molecule has 6 aromatic rings. The van der Waals surface area contributed by atoms with Crippen LogP contribution in [0.2, 0.25) is 13.1 Å². The van der Waals surface area contributed by atoms with Gasteiger partial charge in [0.05, 0.1) is 0 Å². The average Bonchev–Trinajstić information content (AvgIpc) is 3.80. The van der Waals surface area contributed by atoms with E-state index in [1.165, 1.54) is 143 Å². The van der Waals surface area contributed by atoms with Crippen molar-refractivity contribution in [2.45, 2.75) is 118 Å². The first kappa shape index (κ1) is 44.2. The topological polar surface area (TPSA) is 0 Å². The van der Waals surface area contributed by atoms with Crippen LogP contribution in [0.15, 0.2) is 109 Å². The van der Waals surface area contributed by atoms with Gasteiger partial charge in [0.1, 0.15) is 0 Å². The van der Waals surface area contributed by atoms with Crippen LogP contribution in [0.25, 0.3) is 43.8 Å². The molecule has 0 aliphatic heterocycles. The summed E-state index contributed by atoms with van der Waals surface area (Å²) in [6.07, 6.45) is 14.8. The van der Waals surface area contributed by atoms with Crippen LogP contribution in [-0.2, 0) is 46.5 Å². The van der Waals surface area contributed by atoms with Crippen LogP contribution in [0.5, 0.6) is 0 Å². The molecule has 0 aromatic heterocycles. The molecule has 0 saturated heterocycles. The van der Waals surface area contributed by atoms with E-state index in [0.29, 0.717) is 0 Å². The maximum atomic E-state index is 4.93. The van der Waals surface area contributed by atoms with Gasteiger partial charge in [-0.05, 0) is 60.8 Å². The molecule has 274 valence electrons. The zero-order chi connectivity index (χ0) is 37.6. The fraction of sp³-hybridized carbons (Fsp3) is 0.375. The summed E-state index contributed by atoms with van der Waals surface area (Å²) >= 11 is -0.826. The van der Waals surface area contributed by atoms with E-state index in [-0.39, 0.29) is 0 Å². The van der Waals surface area contributed by atoms with E-state index in [0.717, 1.165) is 9.52 Å². The fourth-order valence-electron chi connectivity index (χ4n) is 6.85. The molecule has 0 aliphatic carbocycles. The summed E-state index contributed by atoms with van der Waals surface area (Å²) in [4.78, 5) is 0. The normalized spacial score (nSPS) is 10.5. The first-order chi connectivity index (χ1) is 25.5. The Morgan fingerprint density at radius 3 is 1.17 bits per heavy atom. The van der Waals surface area contributed by atoms with Gasteiger partial charge in [0.25, 0.3) is 0 Å². The predicted molar refractivity (Wildman–Crippen MR) is 234 cm³/mol. The summed E-state index contributed by atoms with van der Waals surface area (Å²) in [5, 5.41) is 5.61. The van der Waals surface area contributed by atoms with Crippen LogP contribution in [0.3, 0.4) is 0 Å². The Balaban J connectivity index is 0.000000244. The van der Waals surface area contributed by atoms with Crippen molar-refractivity contribution in [1.82, 2.24) is 0 Å². The molecular weight excluding hydrogens is 767 g/mol. The molecular formula is C48H60Cl2SiZr. The van der Waals surface area contributed by atoms with Crippen molar-refractivity contribution in [2.24, 2.45) is 0 Å². The Kier molecular flexibility index (Phi) is 21.9. The molecule has 0 fully saturated rings. The van der Waals surface area contributed by atoms with Gasteiger partial charge >= 0.3 is 37.9 Å². The van der Waals surface area contributed by atoms with Gasteiger partial charge in [-0.1, -0.05) is 151 Å². The Bertz CT molecular complexity index is 1710. The van der Waals surface area contributed by atoms with Crippen molar-refractivity contribution in [2.75, 3.05) is 0 Å². The molecule has 0 N–H and O–H groups in total. The number of fused-ring (bicyclic) bond motifs is 2. The van der Waals surface area contributed by atoms with Crippen molar-refractivity contribution < 1.29 is 20.8 Å². The number of rotatable bonds is 14. The second-order valence-corrected chi connectivity index (χ2v) is 18.4. The van der Waals surface area contributed by atoms with Crippen molar-refractivity contribution in [3.05, 3.63) is 131 Å². The Hall–Kier alpha value is -2.22. The quantitative estimate of drug-likeness (QED) is 0.0758. The molecule has 0 heterocycles. The first-order valence-corrected chi connectivity index (χ1v) is 27.9.